The molecule has 0 saturated heterocycles. The van der Waals surface area contributed by atoms with E-state index in [1.54, 1.807) is 18.2 Å². The van der Waals surface area contributed by atoms with E-state index < -0.39 is 11.9 Å². The molecule has 1 aromatic carbocycles. The Morgan fingerprint density at radius 3 is 2.50 bits per heavy atom. The van der Waals surface area contributed by atoms with Crippen molar-refractivity contribution in [3.63, 3.8) is 0 Å². The maximum atomic E-state index is 11.0. The van der Waals surface area contributed by atoms with Gasteiger partial charge in [0.25, 0.3) is 0 Å². The van der Waals surface area contributed by atoms with Crippen LogP contribution in [-0.2, 0) is 0 Å². The Morgan fingerprint density at radius 1 is 1.15 bits per heavy atom. The fourth-order valence-electron chi connectivity index (χ4n) is 2.15. The van der Waals surface area contributed by atoms with E-state index in [2.05, 4.69) is 5.10 Å². The van der Waals surface area contributed by atoms with E-state index in [1.165, 1.54) is 16.8 Å². The minimum absolute atomic E-state index is 0.0207. The number of aromatic nitrogens is 2. The number of carboxylic acids is 2. The van der Waals surface area contributed by atoms with Crippen LogP contribution < -0.4 is 0 Å². The van der Waals surface area contributed by atoms with Gasteiger partial charge < -0.3 is 10.2 Å². The summed E-state index contributed by atoms with van der Waals surface area (Å²) in [6.07, 6.45) is 2.01. The molecular weight excluding hydrogens is 260 g/mol. The molecule has 0 bridgehead atoms. The third kappa shape index (κ3) is 2.16. The van der Waals surface area contributed by atoms with Gasteiger partial charge in [-0.05, 0) is 37.1 Å². The van der Waals surface area contributed by atoms with E-state index >= 15 is 0 Å². The lowest BCUT2D eigenvalue weighted by atomic mass is 10.2. The lowest BCUT2D eigenvalue weighted by molar-refractivity contribution is 0.0681. The van der Waals surface area contributed by atoms with Crippen LogP contribution in [0.3, 0.4) is 0 Å². The lowest BCUT2D eigenvalue weighted by Gasteiger charge is -2.07. The molecular formula is C14H12N2O4. The van der Waals surface area contributed by atoms with Gasteiger partial charge in [0.1, 0.15) is 0 Å². The molecule has 1 fully saturated rings. The molecule has 6 heteroatoms. The van der Waals surface area contributed by atoms with Crippen molar-refractivity contribution in [2.75, 3.05) is 0 Å². The summed E-state index contributed by atoms with van der Waals surface area (Å²) in [6, 6.07) is 7.89. The average Bonchev–Trinajstić information content (AvgIpc) is 3.17. The Morgan fingerprint density at radius 2 is 1.90 bits per heavy atom. The molecule has 2 aromatic rings. The summed E-state index contributed by atoms with van der Waals surface area (Å²) in [5.41, 5.74) is 1.52. The van der Waals surface area contributed by atoms with Crippen LogP contribution in [0.2, 0.25) is 0 Å². The first kappa shape index (κ1) is 12.4. The van der Waals surface area contributed by atoms with Gasteiger partial charge >= 0.3 is 11.9 Å². The van der Waals surface area contributed by atoms with E-state index in [0.717, 1.165) is 18.5 Å². The van der Waals surface area contributed by atoms with E-state index in [1.807, 2.05) is 0 Å². The summed E-state index contributed by atoms with van der Waals surface area (Å²) in [4.78, 5) is 22.1. The zero-order valence-electron chi connectivity index (χ0n) is 10.5. The summed E-state index contributed by atoms with van der Waals surface area (Å²) in [6.45, 7) is 0. The fraction of sp³-hybridized carbons (Fsp3) is 0.214. The highest BCUT2D eigenvalue weighted by molar-refractivity contribution is 5.88. The number of aromatic carboxylic acids is 2. The van der Waals surface area contributed by atoms with Crippen molar-refractivity contribution in [2.45, 2.75) is 18.8 Å². The molecule has 0 atom stereocenters. The average molecular weight is 272 g/mol. The third-order valence-electron chi connectivity index (χ3n) is 3.29. The van der Waals surface area contributed by atoms with Crippen LogP contribution in [-0.4, -0.2) is 31.9 Å². The van der Waals surface area contributed by atoms with Crippen molar-refractivity contribution in [3.8, 4) is 5.69 Å². The Bertz CT molecular complexity index is 701. The molecule has 1 aliphatic carbocycles. The number of nitrogens with zero attached hydrogens (tertiary/aromatic N) is 2. The third-order valence-corrected chi connectivity index (χ3v) is 3.29. The molecule has 1 aliphatic rings. The Labute approximate surface area is 114 Å². The Balaban J connectivity index is 2.10. The highest BCUT2D eigenvalue weighted by atomic mass is 16.4. The summed E-state index contributed by atoms with van der Waals surface area (Å²) in [5.74, 6) is -1.80. The fourth-order valence-corrected chi connectivity index (χ4v) is 2.15. The van der Waals surface area contributed by atoms with Crippen LogP contribution in [0.25, 0.3) is 5.69 Å². The monoisotopic (exact) mass is 272 g/mol. The van der Waals surface area contributed by atoms with E-state index in [-0.39, 0.29) is 11.3 Å². The Kier molecular flexibility index (Phi) is 2.78. The number of hydrogen-bond donors (Lipinski definition) is 2. The molecule has 0 aliphatic heterocycles. The first-order valence-electron chi connectivity index (χ1n) is 6.23. The van der Waals surface area contributed by atoms with Gasteiger partial charge in [-0.2, -0.15) is 5.10 Å². The standard InChI is InChI=1S/C14H12N2O4/c17-13(18)9-2-1-3-10(6-9)16-12(8-4-5-8)7-11(15-16)14(19)20/h1-3,6-8H,4-5H2,(H,17,18)(H,19,20). The number of carboxylic acid groups (broad SMARTS) is 2. The topological polar surface area (TPSA) is 92.4 Å². The molecule has 2 N–H and O–H groups in total. The molecule has 0 radical (unpaired) electrons. The number of hydrogen-bond acceptors (Lipinski definition) is 3. The normalized spacial score (nSPS) is 14.2. The second-order valence-electron chi connectivity index (χ2n) is 4.80. The van der Waals surface area contributed by atoms with Crippen molar-refractivity contribution >= 4 is 11.9 Å². The summed E-state index contributed by atoms with van der Waals surface area (Å²) in [5, 5.41) is 22.1. The van der Waals surface area contributed by atoms with Crippen molar-refractivity contribution < 1.29 is 19.8 Å². The zero-order valence-corrected chi connectivity index (χ0v) is 10.5. The molecule has 1 heterocycles. The van der Waals surface area contributed by atoms with Gasteiger partial charge in [0.15, 0.2) is 5.69 Å². The summed E-state index contributed by atoms with van der Waals surface area (Å²) >= 11 is 0. The van der Waals surface area contributed by atoms with Gasteiger partial charge in [0.2, 0.25) is 0 Å². The quantitative estimate of drug-likeness (QED) is 0.889. The van der Waals surface area contributed by atoms with Crippen molar-refractivity contribution in [1.29, 1.82) is 0 Å². The first-order valence-corrected chi connectivity index (χ1v) is 6.23. The Hall–Kier alpha value is -2.63. The van der Waals surface area contributed by atoms with Gasteiger partial charge in [-0.25, -0.2) is 14.3 Å². The molecule has 3 rings (SSSR count). The minimum Gasteiger partial charge on any atom is -0.478 e. The highest BCUT2D eigenvalue weighted by Crippen LogP contribution is 2.41. The molecule has 6 nitrogen and oxygen atoms in total. The van der Waals surface area contributed by atoms with Gasteiger partial charge in [0, 0.05) is 11.6 Å². The van der Waals surface area contributed by atoms with Crippen LogP contribution in [0.1, 0.15) is 45.3 Å². The SMILES string of the molecule is O=C(O)c1cccc(-n2nc(C(=O)O)cc2C2CC2)c1. The largest absolute Gasteiger partial charge is 0.478 e. The lowest BCUT2D eigenvalue weighted by Crippen LogP contribution is -2.05. The first-order chi connectivity index (χ1) is 9.56. The smallest absolute Gasteiger partial charge is 0.356 e. The molecule has 0 amide bonds. The second kappa shape index (κ2) is 4.48. The molecule has 1 saturated carbocycles. The summed E-state index contributed by atoms with van der Waals surface area (Å²) < 4.78 is 1.54. The van der Waals surface area contributed by atoms with Crippen LogP contribution in [0, 0.1) is 0 Å². The maximum absolute atomic E-state index is 11.0. The highest BCUT2D eigenvalue weighted by Gasteiger charge is 2.29. The predicted molar refractivity (Wildman–Crippen MR) is 69.5 cm³/mol. The van der Waals surface area contributed by atoms with Gasteiger partial charge in [-0.1, -0.05) is 6.07 Å². The van der Waals surface area contributed by atoms with Crippen LogP contribution in [0.5, 0.6) is 0 Å². The minimum atomic E-state index is -1.08. The van der Waals surface area contributed by atoms with Crippen molar-refractivity contribution in [1.82, 2.24) is 9.78 Å². The molecule has 102 valence electrons. The number of rotatable bonds is 4. The second-order valence-corrected chi connectivity index (χ2v) is 4.80. The maximum Gasteiger partial charge on any atom is 0.356 e. The van der Waals surface area contributed by atoms with E-state index in [0.29, 0.717) is 11.6 Å². The zero-order chi connectivity index (χ0) is 14.3. The van der Waals surface area contributed by atoms with Crippen molar-refractivity contribution in [2.24, 2.45) is 0 Å². The van der Waals surface area contributed by atoms with E-state index in [4.69, 9.17) is 10.2 Å². The summed E-state index contributed by atoms with van der Waals surface area (Å²) in [7, 11) is 0. The molecule has 0 spiro atoms. The van der Waals surface area contributed by atoms with Crippen LogP contribution >= 0.6 is 0 Å². The number of benzene rings is 1. The van der Waals surface area contributed by atoms with Crippen molar-refractivity contribution in [3.05, 3.63) is 47.3 Å². The van der Waals surface area contributed by atoms with Crippen LogP contribution in [0.4, 0.5) is 0 Å². The van der Waals surface area contributed by atoms with Gasteiger partial charge in [0.05, 0.1) is 11.3 Å². The molecule has 1 aromatic heterocycles. The van der Waals surface area contributed by atoms with Gasteiger partial charge in [-0.3, -0.25) is 0 Å². The van der Waals surface area contributed by atoms with Gasteiger partial charge in [-0.15, -0.1) is 0 Å². The van der Waals surface area contributed by atoms with Crippen LogP contribution in [0.15, 0.2) is 30.3 Å². The predicted octanol–water partition coefficient (Wildman–Crippen LogP) is 2.15. The molecule has 0 unspecified atom stereocenters. The molecule has 20 heavy (non-hydrogen) atoms. The number of carbonyl (C=O) groups is 2. The van der Waals surface area contributed by atoms with E-state index in [9.17, 15) is 9.59 Å².